The molecule has 0 spiro atoms. The molecule has 1 atom stereocenters. The van der Waals surface area contributed by atoms with Gasteiger partial charge in [-0.05, 0) is 45.6 Å². The van der Waals surface area contributed by atoms with Crippen LogP contribution in [0.15, 0.2) is 24.3 Å². The summed E-state index contributed by atoms with van der Waals surface area (Å²) in [4.78, 5) is 14.6. The fraction of sp³-hybridized carbons (Fsp3) is 0.632. The van der Waals surface area contributed by atoms with Gasteiger partial charge in [-0.15, -0.1) is 0 Å². The van der Waals surface area contributed by atoms with Crippen molar-refractivity contribution in [3.63, 3.8) is 0 Å². The van der Waals surface area contributed by atoms with E-state index in [-0.39, 0.29) is 12.1 Å². The van der Waals surface area contributed by atoms with Crippen LogP contribution in [0.4, 0.5) is 4.79 Å². The molecule has 0 radical (unpaired) electrons. The Morgan fingerprint density at radius 3 is 2.43 bits per heavy atom. The summed E-state index contributed by atoms with van der Waals surface area (Å²) in [6, 6.07) is 9.65. The van der Waals surface area contributed by atoms with E-state index in [1.807, 2.05) is 0 Å². The third-order valence-corrected chi connectivity index (χ3v) is 4.53. The van der Waals surface area contributed by atoms with Crippen molar-refractivity contribution in [2.75, 3.05) is 13.1 Å². The van der Waals surface area contributed by atoms with Gasteiger partial charge in [-0.2, -0.15) is 0 Å². The zero-order chi connectivity index (χ0) is 16.8. The number of carbonyl (C=O) groups is 1. The molecule has 2 N–H and O–H groups in total. The number of nitrogens with zero attached hydrogens (tertiary/aromatic N) is 1. The van der Waals surface area contributed by atoms with Gasteiger partial charge < -0.3 is 10.6 Å². The zero-order valence-electron chi connectivity index (χ0n) is 14.9. The fourth-order valence-electron chi connectivity index (χ4n) is 3.00. The van der Waals surface area contributed by atoms with Crippen LogP contribution in [-0.2, 0) is 0 Å². The molecule has 1 aromatic carbocycles. The second kappa shape index (κ2) is 8.34. The molecule has 4 heteroatoms. The van der Waals surface area contributed by atoms with Gasteiger partial charge in [0.05, 0.1) is 6.04 Å². The zero-order valence-corrected chi connectivity index (χ0v) is 14.9. The minimum absolute atomic E-state index is 0.0697. The largest absolute Gasteiger partial charge is 0.337 e. The first kappa shape index (κ1) is 17.8. The second-order valence-electron chi connectivity index (χ2n) is 6.83. The highest BCUT2D eigenvalue weighted by Gasteiger charge is 2.30. The van der Waals surface area contributed by atoms with E-state index >= 15 is 0 Å². The van der Waals surface area contributed by atoms with Gasteiger partial charge in [0.15, 0.2) is 0 Å². The van der Waals surface area contributed by atoms with Crippen molar-refractivity contribution >= 4 is 6.03 Å². The van der Waals surface area contributed by atoms with E-state index in [4.69, 9.17) is 0 Å². The number of hydrogen-bond acceptors (Lipinski definition) is 2. The Morgan fingerprint density at radius 2 is 1.91 bits per heavy atom. The van der Waals surface area contributed by atoms with Gasteiger partial charge in [-0.25, -0.2) is 4.79 Å². The first-order chi connectivity index (χ1) is 11.0. The summed E-state index contributed by atoms with van der Waals surface area (Å²) in [5.41, 5.74) is 2.40. The maximum Gasteiger partial charge on any atom is 0.315 e. The normalized spacial score (nSPS) is 15.7. The molecule has 1 fully saturated rings. The number of aryl methyl sites for hydroxylation is 1. The molecule has 0 bridgehead atoms. The summed E-state index contributed by atoms with van der Waals surface area (Å²) in [6.45, 7) is 10.2. The van der Waals surface area contributed by atoms with Gasteiger partial charge in [-0.1, -0.05) is 36.8 Å². The predicted molar refractivity (Wildman–Crippen MR) is 95.6 cm³/mol. The monoisotopic (exact) mass is 317 g/mol. The smallest absolute Gasteiger partial charge is 0.315 e. The molecule has 1 unspecified atom stereocenters. The molecule has 1 aliphatic carbocycles. The van der Waals surface area contributed by atoms with Crippen LogP contribution in [0.3, 0.4) is 0 Å². The molecule has 0 heterocycles. The van der Waals surface area contributed by atoms with E-state index in [2.05, 4.69) is 67.5 Å². The van der Waals surface area contributed by atoms with Crippen molar-refractivity contribution in [2.24, 2.45) is 0 Å². The van der Waals surface area contributed by atoms with Crippen molar-refractivity contribution in [3.05, 3.63) is 35.4 Å². The lowest BCUT2D eigenvalue weighted by molar-refractivity contribution is 0.206. The van der Waals surface area contributed by atoms with Crippen molar-refractivity contribution in [2.45, 2.75) is 65.1 Å². The van der Waals surface area contributed by atoms with Crippen molar-refractivity contribution in [1.29, 1.82) is 0 Å². The van der Waals surface area contributed by atoms with E-state index in [0.29, 0.717) is 12.6 Å². The van der Waals surface area contributed by atoms with Crippen LogP contribution >= 0.6 is 0 Å². The summed E-state index contributed by atoms with van der Waals surface area (Å²) >= 11 is 0. The molecule has 1 saturated carbocycles. The highest BCUT2D eigenvalue weighted by atomic mass is 16.2. The number of nitrogens with one attached hydrogen (secondary N) is 2. The quantitative estimate of drug-likeness (QED) is 0.769. The molecule has 23 heavy (non-hydrogen) atoms. The van der Waals surface area contributed by atoms with Crippen LogP contribution < -0.4 is 10.6 Å². The van der Waals surface area contributed by atoms with Gasteiger partial charge in [-0.3, -0.25) is 4.90 Å². The van der Waals surface area contributed by atoms with E-state index in [9.17, 15) is 4.79 Å². The average molecular weight is 317 g/mol. The lowest BCUT2D eigenvalue weighted by Gasteiger charge is -2.26. The van der Waals surface area contributed by atoms with Gasteiger partial charge in [0.25, 0.3) is 0 Å². The lowest BCUT2D eigenvalue weighted by Crippen LogP contribution is -2.43. The lowest BCUT2D eigenvalue weighted by atomic mass is 10.0. The van der Waals surface area contributed by atoms with Gasteiger partial charge in [0, 0.05) is 25.2 Å². The molecule has 0 aliphatic heterocycles. The van der Waals surface area contributed by atoms with Crippen LogP contribution in [0.5, 0.6) is 0 Å². The van der Waals surface area contributed by atoms with Gasteiger partial charge in [0.2, 0.25) is 0 Å². The Kier molecular flexibility index (Phi) is 6.46. The molecule has 2 amide bonds. The molecule has 0 aromatic heterocycles. The highest BCUT2D eigenvalue weighted by molar-refractivity contribution is 5.74. The molecule has 4 nitrogen and oxygen atoms in total. The SMILES string of the molecule is CCC(NC(=O)NCCN(C(C)C)C1CC1)c1ccc(C)cc1. The second-order valence-corrected chi connectivity index (χ2v) is 6.83. The Labute approximate surface area is 140 Å². The van der Waals surface area contributed by atoms with E-state index < -0.39 is 0 Å². The standard InChI is InChI=1S/C19H31N3O/c1-5-18(16-8-6-15(4)7-9-16)21-19(23)20-12-13-22(14(2)3)17-10-11-17/h6-9,14,17-18H,5,10-13H2,1-4H3,(H2,20,21,23). The van der Waals surface area contributed by atoms with Crippen LogP contribution in [0, 0.1) is 6.92 Å². The third kappa shape index (κ3) is 5.54. The molecule has 2 rings (SSSR count). The molecule has 1 aliphatic rings. The topological polar surface area (TPSA) is 44.4 Å². The Balaban J connectivity index is 1.77. The van der Waals surface area contributed by atoms with Gasteiger partial charge >= 0.3 is 6.03 Å². The van der Waals surface area contributed by atoms with Gasteiger partial charge in [0.1, 0.15) is 0 Å². The van der Waals surface area contributed by atoms with Crippen molar-refractivity contribution in [1.82, 2.24) is 15.5 Å². The van der Waals surface area contributed by atoms with Crippen LogP contribution in [0.25, 0.3) is 0 Å². The van der Waals surface area contributed by atoms with E-state index in [1.54, 1.807) is 0 Å². The number of carbonyl (C=O) groups excluding carboxylic acids is 1. The fourth-order valence-corrected chi connectivity index (χ4v) is 3.00. The third-order valence-electron chi connectivity index (χ3n) is 4.53. The number of rotatable bonds is 8. The van der Waals surface area contributed by atoms with E-state index in [0.717, 1.165) is 24.6 Å². The summed E-state index contributed by atoms with van der Waals surface area (Å²) in [5, 5.41) is 6.09. The maximum absolute atomic E-state index is 12.1. The number of urea groups is 1. The molecular formula is C19H31N3O. The van der Waals surface area contributed by atoms with E-state index in [1.165, 1.54) is 18.4 Å². The Morgan fingerprint density at radius 1 is 1.26 bits per heavy atom. The number of benzene rings is 1. The highest BCUT2D eigenvalue weighted by Crippen LogP contribution is 2.27. The summed E-state index contributed by atoms with van der Waals surface area (Å²) in [7, 11) is 0. The average Bonchev–Trinajstić information content (AvgIpc) is 3.34. The van der Waals surface area contributed by atoms with Crippen molar-refractivity contribution < 1.29 is 4.79 Å². The number of hydrogen-bond donors (Lipinski definition) is 2. The minimum Gasteiger partial charge on any atom is -0.337 e. The van der Waals surface area contributed by atoms with Crippen molar-refractivity contribution in [3.8, 4) is 0 Å². The maximum atomic E-state index is 12.1. The van der Waals surface area contributed by atoms with Crippen LogP contribution in [0.2, 0.25) is 0 Å². The summed E-state index contributed by atoms with van der Waals surface area (Å²) < 4.78 is 0. The Hall–Kier alpha value is -1.55. The summed E-state index contributed by atoms with van der Waals surface area (Å²) in [5.74, 6) is 0. The molecule has 0 saturated heterocycles. The minimum atomic E-state index is -0.0723. The predicted octanol–water partition coefficient (Wildman–Crippen LogP) is 3.62. The molecule has 1 aromatic rings. The Bertz CT molecular complexity index is 492. The van der Waals surface area contributed by atoms with Crippen LogP contribution in [-0.4, -0.2) is 36.1 Å². The molecular weight excluding hydrogens is 286 g/mol. The first-order valence-corrected chi connectivity index (χ1v) is 8.88. The molecule has 128 valence electrons. The summed E-state index contributed by atoms with van der Waals surface area (Å²) in [6.07, 6.45) is 3.49. The van der Waals surface area contributed by atoms with Crippen LogP contribution in [0.1, 0.15) is 57.2 Å². The first-order valence-electron chi connectivity index (χ1n) is 8.88. The number of amides is 2.